The number of hydrogen-bond acceptors (Lipinski definition) is 4. The molecule has 0 spiro atoms. The number of benzene rings is 2. The van der Waals surface area contributed by atoms with Gasteiger partial charge in [0.1, 0.15) is 11.6 Å². The summed E-state index contributed by atoms with van der Waals surface area (Å²) in [6.45, 7) is 1.74. The van der Waals surface area contributed by atoms with Crippen LogP contribution in [-0.2, 0) is 9.53 Å². The molecular formula is C17H15BrFNO4. The summed E-state index contributed by atoms with van der Waals surface area (Å²) in [4.78, 5) is 23.8. The van der Waals surface area contributed by atoms with E-state index < -0.39 is 24.3 Å². The van der Waals surface area contributed by atoms with E-state index >= 15 is 0 Å². The van der Waals surface area contributed by atoms with Crippen LogP contribution in [0.15, 0.2) is 46.9 Å². The summed E-state index contributed by atoms with van der Waals surface area (Å²) >= 11 is 3.14. The van der Waals surface area contributed by atoms with Gasteiger partial charge in [-0.3, -0.25) is 4.79 Å². The van der Waals surface area contributed by atoms with Gasteiger partial charge in [-0.2, -0.15) is 0 Å². The molecule has 0 aliphatic carbocycles. The fourth-order valence-corrected chi connectivity index (χ4v) is 2.26. The lowest BCUT2D eigenvalue weighted by atomic mass is 10.2. The van der Waals surface area contributed by atoms with E-state index in [1.54, 1.807) is 24.3 Å². The van der Waals surface area contributed by atoms with Gasteiger partial charge < -0.3 is 14.8 Å². The Hall–Kier alpha value is -2.41. The molecule has 2 rings (SSSR count). The number of carbonyl (C=O) groups is 2. The van der Waals surface area contributed by atoms with Gasteiger partial charge in [0, 0.05) is 4.47 Å². The zero-order valence-electron chi connectivity index (χ0n) is 12.8. The fraction of sp³-hybridized carbons (Fsp3) is 0.176. The Balaban J connectivity index is 1.96. The largest absolute Gasteiger partial charge is 0.492 e. The zero-order chi connectivity index (χ0) is 17.5. The normalized spacial score (nSPS) is 10.1. The van der Waals surface area contributed by atoms with Crippen molar-refractivity contribution in [3.8, 4) is 5.75 Å². The molecule has 24 heavy (non-hydrogen) atoms. The molecule has 0 saturated heterocycles. The van der Waals surface area contributed by atoms with E-state index in [2.05, 4.69) is 21.2 Å². The summed E-state index contributed by atoms with van der Waals surface area (Å²) in [7, 11) is 0. The molecule has 0 bridgehead atoms. The first kappa shape index (κ1) is 17.9. The highest BCUT2D eigenvalue weighted by Crippen LogP contribution is 2.23. The van der Waals surface area contributed by atoms with Gasteiger partial charge in [0.05, 0.1) is 17.9 Å². The van der Waals surface area contributed by atoms with Crippen LogP contribution in [0.25, 0.3) is 0 Å². The molecule has 126 valence electrons. The molecule has 0 heterocycles. The first-order valence-corrected chi connectivity index (χ1v) is 7.94. The molecule has 5 nitrogen and oxygen atoms in total. The van der Waals surface area contributed by atoms with E-state index in [1.165, 1.54) is 12.1 Å². The van der Waals surface area contributed by atoms with Gasteiger partial charge in [-0.05, 0) is 37.3 Å². The van der Waals surface area contributed by atoms with Crippen molar-refractivity contribution in [1.29, 1.82) is 0 Å². The monoisotopic (exact) mass is 395 g/mol. The molecule has 0 atom stereocenters. The third-order valence-corrected chi connectivity index (χ3v) is 3.44. The van der Waals surface area contributed by atoms with Crippen LogP contribution < -0.4 is 10.1 Å². The van der Waals surface area contributed by atoms with Gasteiger partial charge >= 0.3 is 5.97 Å². The van der Waals surface area contributed by atoms with Crippen LogP contribution in [0.3, 0.4) is 0 Å². The van der Waals surface area contributed by atoms with Gasteiger partial charge in [-0.1, -0.05) is 28.1 Å². The summed E-state index contributed by atoms with van der Waals surface area (Å²) in [5, 5.41) is 2.58. The van der Waals surface area contributed by atoms with Crippen LogP contribution >= 0.6 is 15.9 Å². The van der Waals surface area contributed by atoms with Gasteiger partial charge in [-0.15, -0.1) is 0 Å². The van der Waals surface area contributed by atoms with E-state index in [9.17, 15) is 14.0 Å². The topological polar surface area (TPSA) is 64.6 Å². The number of amides is 1. The smallest absolute Gasteiger partial charge is 0.341 e. The van der Waals surface area contributed by atoms with E-state index in [0.29, 0.717) is 22.5 Å². The predicted molar refractivity (Wildman–Crippen MR) is 90.6 cm³/mol. The van der Waals surface area contributed by atoms with Crippen molar-refractivity contribution >= 4 is 33.5 Å². The minimum atomic E-state index is -0.915. The maximum atomic E-state index is 13.6. The lowest BCUT2D eigenvalue weighted by Gasteiger charge is -2.11. The summed E-state index contributed by atoms with van der Waals surface area (Å²) in [6, 6.07) is 10.8. The van der Waals surface area contributed by atoms with Crippen molar-refractivity contribution in [3.63, 3.8) is 0 Å². The van der Waals surface area contributed by atoms with Crippen molar-refractivity contribution in [1.82, 2.24) is 0 Å². The van der Waals surface area contributed by atoms with E-state index in [0.717, 1.165) is 6.07 Å². The highest BCUT2D eigenvalue weighted by Gasteiger charge is 2.16. The number of ether oxygens (including phenoxy) is 2. The zero-order valence-corrected chi connectivity index (χ0v) is 14.4. The number of halogens is 2. The Morgan fingerprint density at radius 3 is 2.71 bits per heavy atom. The summed E-state index contributed by atoms with van der Waals surface area (Å²) < 4.78 is 24.4. The third kappa shape index (κ3) is 4.79. The highest BCUT2D eigenvalue weighted by atomic mass is 79.9. The average molecular weight is 396 g/mol. The number of esters is 1. The number of rotatable bonds is 6. The Kier molecular flexibility index (Phi) is 6.31. The summed E-state index contributed by atoms with van der Waals surface area (Å²) in [6.07, 6.45) is 0. The van der Waals surface area contributed by atoms with Crippen LogP contribution in [0.4, 0.5) is 10.1 Å². The second kappa shape index (κ2) is 8.44. The number of carbonyl (C=O) groups excluding carboxylic acids is 2. The molecular weight excluding hydrogens is 381 g/mol. The molecule has 0 aromatic heterocycles. The number of nitrogens with one attached hydrogen (secondary N) is 1. The second-order valence-electron chi connectivity index (χ2n) is 4.68. The molecule has 0 unspecified atom stereocenters. The van der Waals surface area contributed by atoms with Crippen LogP contribution in [0, 0.1) is 5.82 Å². The number of anilines is 1. The summed E-state index contributed by atoms with van der Waals surface area (Å²) in [5.74, 6) is -1.67. The molecule has 0 fully saturated rings. The lowest BCUT2D eigenvalue weighted by Crippen LogP contribution is -2.21. The first-order valence-electron chi connectivity index (χ1n) is 7.15. The average Bonchev–Trinajstić information content (AvgIpc) is 2.57. The van der Waals surface area contributed by atoms with Gasteiger partial charge in [0.25, 0.3) is 5.91 Å². The predicted octanol–water partition coefficient (Wildman–Crippen LogP) is 3.78. The molecule has 2 aromatic carbocycles. The van der Waals surface area contributed by atoms with Crippen LogP contribution in [0.2, 0.25) is 0 Å². The summed E-state index contributed by atoms with van der Waals surface area (Å²) in [5.41, 5.74) is 0.223. The maximum absolute atomic E-state index is 13.6. The van der Waals surface area contributed by atoms with Crippen LogP contribution in [-0.4, -0.2) is 25.1 Å². The van der Waals surface area contributed by atoms with Crippen LogP contribution in [0.1, 0.15) is 17.3 Å². The Bertz CT molecular complexity index is 751. The molecule has 0 radical (unpaired) electrons. The van der Waals surface area contributed by atoms with Gasteiger partial charge in [0.15, 0.2) is 6.61 Å². The van der Waals surface area contributed by atoms with Crippen molar-refractivity contribution in [3.05, 3.63) is 58.3 Å². The minimum absolute atomic E-state index is 0.244. The molecule has 0 aliphatic heterocycles. The molecule has 0 aliphatic rings. The van der Waals surface area contributed by atoms with Crippen molar-refractivity contribution in [2.75, 3.05) is 18.5 Å². The SMILES string of the molecule is CCOc1ccccc1NC(=O)COC(=O)c1cc(Br)ccc1F. The Labute approximate surface area is 146 Å². The van der Waals surface area contributed by atoms with Crippen molar-refractivity contribution in [2.45, 2.75) is 6.92 Å². The Morgan fingerprint density at radius 2 is 1.96 bits per heavy atom. The Morgan fingerprint density at radius 1 is 1.21 bits per heavy atom. The minimum Gasteiger partial charge on any atom is -0.492 e. The molecule has 2 aromatic rings. The molecule has 1 N–H and O–H groups in total. The van der Waals surface area contributed by atoms with Crippen molar-refractivity contribution < 1.29 is 23.5 Å². The van der Waals surface area contributed by atoms with Crippen molar-refractivity contribution in [2.24, 2.45) is 0 Å². The lowest BCUT2D eigenvalue weighted by molar-refractivity contribution is -0.119. The molecule has 7 heteroatoms. The maximum Gasteiger partial charge on any atom is 0.341 e. The molecule has 0 saturated carbocycles. The second-order valence-corrected chi connectivity index (χ2v) is 5.59. The van der Waals surface area contributed by atoms with Crippen LogP contribution in [0.5, 0.6) is 5.75 Å². The third-order valence-electron chi connectivity index (χ3n) is 2.94. The van der Waals surface area contributed by atoms with Gasteiger partial charge in [-0.25, -0.2) is 9.18 Å². The first-order chi connectivity index (χ1) is 11.5. The van der Waals surface area contributed by atoms with Gasteiger partial charge in [0.2, 0.25) is 0 Å². The fourth-order valence-electron chi connectivity index (χ4n) is 1.90. The number of para-hydroxylation sites is 2. The molecule has 1 amide bonds. The van der Waals surface area contributed by atoms with E-state index in [1.807, 2.05) is 6.92 Å². The van der Waals surface area contributed by atoms with E-state index in [-0.39, 0.29) is 5.56 Å². The highest BCUT2D eigenvalue weighted by molar-refractivity contribution is 9.10. The quantitative estimate of drug-likeness (QED) is 0.755. The standard InChI is InChI=1S/C17H15BrFNO4/c1-2-23-15-6-4-3-5-14(15)20-16(21)10-24-17(22)12-9-11(18)7-8-13(12)19/h3-9H,2,10H2,1H3,(H,20,21). The number of hydrogen-bond donors (Lipinski definition) is 1. The van der Waals surface area contributed by atoms with E-state index in [4.69, 9.17) is 9.47 Å².